The van der Waals surface area contributed by atoms with E-state index in [9.17, 15) is 9.59 Å². The van der Waals surface area contributed by atoms with E-state index in [-0.39, 0.29) is 36.9 Å². The maximum Gasteiger partial charge on any atom is 0.251 e. The zero-order valence-corrected chi connectivity index (χ0v) is 16.0. The number of hydrogen-bond acceptors (Lipinski definition) is 5. The van der Waals surface area contributed by atoms with E-state index in [0.29, 0.717) is 17.4 Å². The maximum atomic E-state index is 12.2. The van der Waals surface area contributed by atoms with Crippen LogP contribution in [0.15, 0.2) is 24.3 Å². The summed E-state index contributed by atoms with van der Waals surface area (Å²) in [7, 11) is 3.22. The first-order valence-corrected chi connectivity index (χ1v) is 8.93. The lowest BCUT2D eigenvalue weighted by atomic mass is 10.2. The van der Waals surface area contributed by atoms with Crippen molar-refractivity contribution in [2.24, 2.45) is 0 Å². The molecule has 2 N–H and O–H groups in total. The summed E-state index contributed by atoms with van der Waals surface area (Å²) in [6.45, 7) is 6.12. The third kappa shape index (κ3) is 5.44. The van der Waals surface area contributed by atoms with Crippen molar-refractivity contribution in [3.05, 3.63) is 29.8 Å². The molecular weight excluding hydrogens is 334 g/mol. The molecule has 1 aliphatic rings. The smallest absolute Gasteiger partial charge is 0.251 e. The van der Waals surface area contributed by atoms with E-state index in [1.807, 2.05) is 0 Å². The van der Waals surface area contributed by atoms with Crippen LogP contribution in [-0.4, -0.2) is 68.8 Å². The second kappa shape index (κ2) is 9.54. The number of carbonyl (C=O) groups excluding carboxylic acids is 2. The van der Waals surface area contributed by atoms with E-state index in [1.54, 1.807) is 38.5 Å². The third-order valence-electron chi connectivity index (χ3n) is 4.64. The van der Waals surface area contributed by atoms with Gasteiger partial charge in [0.15, 0.2) is 0 Å². The highest BCUT2D eigenvalue weighted by Crippen LogP contribution is 2.16. The van der Waals surface area contributed by atoms with Crippen LogP contribution in [0.5, 0.6) is 5.75 Å². The first-order chi connectivity index (χ1) is 12.4. The predicted octanol–water partition coefficient (Wildman–Crippen LogP) is 1.04. The Balaban J connectivity index is 1.77. The first kappa shape index (κ1) is 20.2. The highest BCUT2D eigenvalue weighted by molar-refractivity contribution is 5.94. The molecule has 1 heterocycles. The summed E-state index contributed by atoms with van der Waals surface area (Å²) < 4.78 is 10.6. The summed E-state index contributed by atoms with van der Waals surface area (Å²) in [4.78, 5) is 26.6. The monoisotopic (exact) mass is 363 g/mol. The zero-order chi connectivity index (χ0) is 19.1. The molecule has 0 unspecified atom stereocenters. The van der Waals surface area contributed by atoms with E-state index < -0.39 is 0 Å². The predicted molar refractivity (Wildman–Crippen MR) is 99.4 cm³/mol. The molecular formula is C19H29N3O4. The van der Waals surface area contributed by atoms with Crippen LogP contribution in [0.3, 0.4) is 0 Å². The average Bonchev–Trinajstić information content (AvgIpc) is 3.04. The van der Waals surface area contributed by atoms with Gasteiger partial charge in [0.1, 0.15) is 5.75 Å². The van der Waals surface area contributed by atoms with Crippen molar-refractivity contribution in [2.45, 2.75) is 38.5 Å². The van der Waals surface area contributed by atoms with E-state index in [1.165, 1.54) is 0 Å². The van der Waals surface area contributed by atoms with Crippen molar-refractivity contribution in [2.75, 3.05) is 33.9 Å². The fraction of sp³-hybridized carbons (Fsp3) is 0.579. The molecule has 7 nitrogen and oxygen atoms in total. The van der Waals surface area contributed by atoms with Crippen molar-refractivity contribution in [3.8, 4) is 5.75 Å². The van der Waals surface area contributed by atoms with E-state index in [0.717, 1.165) is 13.1 Å². The molecule has 2 rings (SSSR count). The number of amides is 2. The summed E-state index contributed by atoms with van der Waals surface area (Å²) in [6, 6.07) is 7.29. The van der Waals surface area contributed by atoms with Gasteiger partial charge in [-0.2, -0.15) is 0 Å². The zero-order valence-electron chi connectivity index (χ0n) is 16.0. The van der Waals surface area contributed by atoms with E-state index >= 15 is 0 Å². The molecule has 2 atom stereocenters. The minimum absolute atomic E-state index is 0.00674. The van der Waals surface area contributed by atoms with Crippen LogP contribution in [0.1, 0.15) is 30.6 Å². The van der Waals surface area contributed by atoms with Gasteiger partial charge in [-0.25, -0.2) is 0 Å². The quantitative estimate of drug-likeness (QED) is 0.721. The lowest BCUT2D eigenvalue weighted by Gasteiger charge is -2.20. The largest absolute Gasteiger partial charge is 0.497 e. The van der Waals surface area contributed by atoms with Gasteiger partial charge < -0.3 is 20.1 Å². The van der Waals surface area contributed by atoms with Crippen LogP contribution in [0.4, 0.5) is 0 Å². The molecule has 2 amide bonds. The van der Waals surface area contributed by atoms with Crippen LogP contribution in [0.2, 0.25) is 0 Å². The van der Waals surface area contributed by atoms with Crippen LogP contribution < -0.4 is 15.4 Å². The van der Waals surface area contributed by atoms with Gasteiger partial charge in [0, 0.05) is 44.8 Å². The molecule has 144 valence electrons. The Morgan fingerprint density at radius 2 is 2.04 bits per heavy atom. The third-order valence-corrected chi connectivity index (χ3v) is 4.64. The Morgan fingerprint density at radius 3 is 2.69 bits per heavy atom. The Kier molecular flexibility index (Phi) is 7.41. The lowest BCUT2D eigenvalue weighted by molar-refractivity contribution is -0.122. The topological polar surface area (TPSA) is 79.9 Å². The summed E-state index contributed by atoms with van der Waals surface area (Å²) in [5, 5.41) is 5.78. The number of likely N-dealkylation sites (tertiary alicyclic amines) is 1. The number of benzene rings is 1. The molecule has 26 heavy (non-hydrogen) atoms. The molecule has 1 aliphatic heterocycles. The van der Waals surface area contributed by atoms with Crippen molar-refractivity contribution in [1.29, 1.82) is 0 Å². The molecule has 0 radical (unpaired) electrons. The number of ether oxygens (including phenoxy) is 2. The van der Waals surface area contributed by atoms with Crippen molar-refractivity contribution in [1.82, 2.24) is 15.5 Å². The van der Waals surface area contributed by atoms with Gasteiger partial charge >= 0.3 is 0 Å². The highest BCUT2D eigenvalue weighted by Gasteiger charge is 2.34. The maximum absolute atomic E-state index is 12.2. The fourth-order valence-corrected chi connectivity index (χ4v) is 3.04. The number of hydrogen-bond donors (Lipinski definition) is 2. The van der Waals surface area contributed by atoms with Gasteiger partial charge in [-0.15, -0.1) is 0 Å². The minimum Gasteiger partial charge on any atom is -0.497 e. The summed E-state index contributed by atoms with van der Waals surface area (Å²) in [5.41, 5.74) is 0.507. The summed E-state index contributed by atoms with van der Waals surface area (Å²) in [5.74, 6) is 0.309. The van der Waals surface area contributed by atoms with E-state index in [4.69, 9.17) is 9.47 Å². The van der Waals surface area contributed by atoms with Crippen LogP contribution >= 0.6 is 0 Å². The fourth-order valence-electron chi connectivity index (χ4n) is 3.04. The van der Waals surface area contributed by atoms with Crippen molar-refractivity contribution < 1.29 is 19.1 Å². The second-order valence-corrected chi connectivity index (χ2v) is 6.73. The van der Waals surface area contributed by atoms with Gasteiger partial charge in [-0.1, -0.05) is 6.07 Å². The lowest BCUT2D eigenvalue weighted by Crippen LogP contribution is -2.44. The minimum atomic E-state index is -0.224. The van der Waals surface area contributed by atoms with Crippen LogP contribution in [0, 0.1) is 0 Å². The molecule has 7 heteroatoms. The summed E-state index contributed by atoms with van der Waals surface area (Å²) in [6.07, 6.45) is 0.220. The average molecular weight is 363 g/mol. The van der Waals surface area contributed by atoms with Crippen LogP contribution in [0.25, 0.3) is 0 Å². The number of carbonyl (C=O) groups is 2. The molecule has 1 aromatic rings. The number of nitrogens with zero attached hydrogens (tertiary/aromatic N) is 1. The van der Waals surface area contributed by atoms with Gasteiger partial charge in [-0.05, 0) is 32.0 Å². The van der Waals surface area contributed by atoms with Crippen molar-refractivity contribution >= 4 is 11.8 Å². The highest BCUT2D eigenvalue weighted by atomic mass is 16.5. The molecule has 0 spiro atoms. The first-order valence-electron chi connectivity index (χ1n) is 8.93. The van der Waals surface area contributed by atoms with Gasteiger partial charge in [0.25, 0.3) is 5.91 Å². The molecule has 1 aromatic carbocycles. The van der Waals surface area contributed by atoms with Gasteiger partial charge in [-0.3, -0.25) is 14.5 Å². The van der Waals surface area contributed by atoms with Crippen molar-refractivity contribution in [3.63, 3.8) is 0 Å². The summed E-state index contributed by atoms with van der Waals surface area (Å²) >= 11 is 0. The SMILES string of the molecule is COc1cccc(C(=O)NCCC(=O)N[C@@H]2CN(C(C)C)C[C@H]2OC)c1. The number of rotatable bonds is 8. The standard InChI is InChI=1S/C19H29N3O4/c1-13(2)22-11-16(17(12-22)26-4)21-18(23)8-9-20-19(24)14-6-5-7-15(10-14)25-3/h5-7,10,13,16-17H,8-9,11-12H2,1-4H3,(H,20,24)(H,21,23)/t16-,17-/m1/s1. The second-order valence-electron chi connectivity index (χ2n) is 6.73. The molecule has 0 saturated carbocycles. The molecule has 0 aromatic heterocycles. The van der Waals surface area contributed by atoms with Gasteiger partial charge in [0.05, 0.1) is 19.3 Å². The number of nitrogens with one attached hydrogen (secondary N) is 2. The molecule has 0 aliphatic carbocycles. The van der Waals surface area contributed by atoms with Gasteiger partial charge in [0.2, 0.25) is 5.91 Å². The Bertz CT molecular complexity index is 621. The number of methoxy groups -OCH3 is 2. The Hall–Kier alpha value is -2.12. The van der Waals surface area contributed by atoms with Crippen LogP contribution in [-0.2, 0) is 9.53 Å². The molecule has 1 fully saturated rings. The Labute approximate surface area is 155 Å². The Morgan fingerprint density at radius 1 is 1.27 bits per heavy atom. The molecule has 0 bridgehead atoms. The normalized spacial score (nSPS) is 20.2. The van der Waals surface area contributed by atoms with E-state index in [2.05, 4.69) is 29.4 Å². The molecule has 1 saturated heterocycles.